The Balaban J connectivity index is 1.42. The second-order valence-electron chi connectivity index (χ2n) is 8.14. The number of piperidine rings is 1. The molecule has 164 valence electrons. The normalized spacial score (nSPS) is 15.8. The van der Waals surface area contributed by atoms with Gasteiger partial charge in [-0.15, -0.1) is 0 Å². The summed E-state index contributed by atoms with van der Waals surface area (Å²) in [5.74, 6) is 0.191. The molecule has 0 unspecified atom stereocenters. The number of aromatic nitrogens is 1. The molecule has 0 bridgehead atoms. The average molecular weight is 459 g/mol. The Morgan fingerprint density at radius 1 is 1.13 bits per heavy atom. The number of rotatable bonds is 5. The van der Waals surface area contributed by atoms with E-state index in [0.29, 0.717) is 29.7 Å². The standard InChI is InChI=1S/C22H26N4O3S2/c1-14-8-10-26(11-9-14)31(28,29)18-6-4-17(5-7-18)21(27)24-25-22-23-20-16(3)12-15(2)13-19(20)30-22/h4-7,12-14H,8-11H2,1-3H3,(H,23,25)(H,24,27). The first-order valence-corrected chi connectivity index (χ1v) is 12.5. The summed E-state index contributed by atoms with van der Waals surface area (Å²) in [5.41, 5.74) is 9.03. The van der Waals surface area contributed by atoms with Crippen LogP contribution in [0.2, 0.25) is 0 Å². The van der Waals surface area contributed by atoms with E-state index < -0.39 is 10.0 Å². The predicted octanol–water partition coefficient (Wildman–Crippen LogP) is 4.09. The van der Waals surface area contributed by atoms with Gasteiger partial charge in [0.25, 0.3) is 5.91 Å². The summed E-state index contributed by atoms with van der Waals surface area (Å²) in [6.45, 7) is 7.27. The zero-order valence-corrected chi connectivity index (χ0v) is 19.4. The highest BCUT2D eigenvalue weighted by molar-refractivity contribution is 7.89. The number of nitrogens with one attached hydrogen (secondary N) is 2. The summed E-state index contributed by atoms with van der Waals surface area (Å²) in [4.78, 5) is 17.2. The Labute approximate surface area is 186 Å². The maximum Gasteiger partial charge on any atom is 0.269 e. The molecule has 0 aliphatic carbocycles. The van der Waals surface area contributed by atoms with Gasteiger partial charge in [-0.3, -0.25) is 15.6 Å². The number of anilines is 1. The van der Waals surface area contributed by atoms with Crippen LogP contribution in [0.1, 0.15) is 41.3 Å². The highest BCUT2D eigenvalue weighted by Crippen LogP contribution is 2.29. The van der Waals surface area contributed by atoms with E-state index in [4.69, 9.17) is 0 Å². The molecule has 0 atom stereocenters. The van der Waals surface area contributed by atoms with E-state index >= 15 is 0 Å². The second kappa shape index (κ2) is 8.57. The van der Waals surface area contributed by atoms with E-state index in [2.05, 4.69) is 34.9 Å². The number of carbonyl (C=O) groups excluding carboxylic acids is 1. The Kier molecular flexibility index (Phi) is 6.00. The van der Waals surface area contributed by atoms with E-state index in [0.717, 1.165) is 28.6 Å². The fourth-order valence-corrected chi connectivity index (χ4v) is 6.22. The molecule has 2 N–H and O–H groups in total. The lowest BCUT2D eigenvalue weighted by atomic mass is 10.0. The summed E-state index contributed by atoms with van der Waals surface area (Å²) < 4.78 is 28.2. The maximum atomic E-state index is 12.8. The SMILES string of the molecule is Cc1cc(C)c2nc(NNC(=O)c3ccc(S(=O)(=O)N4CCC(C)CC4)cc3)sc2c1. The molecule has 1 aliphatic rings. The van der Waals surface area contributed by atoms with Gasteiger partial charge in [-0.05, 0) is 74.1 Å². The topological polar surface area (TPSA) is 91.4 Å². The highest BCUT2D eigenvalue weighted by Gasteiger charge is 2.28. The lowest BCUT2D eigenvalue weighted by Gasteiger charge is -2.29. The zero-order chi connectivity index (χ0) is 22.2. The molecule has 2 heterocycles. The lowest BCUT2D eigenvalue weighted by molar-refractivity contribution is 0.0962. The number of amides is 1. The Hall–Kier alpha value is -2.49. The molecule has 1 aliphatic heterocycles. The molecular weight excluding hydrogens is 432 g/mol. The fourth-order valence-electron chi connectivity index (χ4n) is 3.76. The van der Waals surface area contributed by atoms with Crippen molar-refractivity contribution in [2.45, 2.75) is 38.5 Å². The molecule has 2 aromatic carbocycles. The fraction of sp³-hybridized carbons (Fsp3) is 0.364. The average Bonchev–Trinajstić information content (AvgIpc) is 3.15. The van der Waals surface area contributed by atoms with E-state index in [-0.39, 0.29) is 10.8 Å². The first-order valence-electron chi connectivity index (χ1n) is 10.3. The summed E-state index contributed by atoms with van der Waals surface area (Å²) in [7, 11) is -3.53. The number of thiazole rings is 1. The van der Waals surface area contributed by atoms with Crippen molar-refractivity contribution in [2.75, 3.05) is 18.5 Å². The second-order valence-corrected chi connectivity index (χ2v) is 11.1. The lowest BCUT2D eigenvalue weighted by Crippen LogP contribution is -2.37. The van der Waals surface area contributed by atoms with E-state index in [1.165, 1.54) is 45.5 Å². The number of nitrogens with zero attached hydrogens (tertiary/aromatic N) is 2. The van der Waals surface area contributed by atoms with E-state index in [1.807, 2.05) is 13.8 Å². The summed E-state index contributed by atoms with van der Waals surface area (Å²) in [6.07, 6.45) is 1.74. The minimum absolute atomic E-state index is 0.212. The van der Waals surface area contributed by atoms with Crippen molar-refractivity contribution >= 4 is 42.6 Å². The van der Waals surface area contributed by atoms with Crippen LogP contribution in [-0.4, -0.2) is 36.7 Å². The number of aryl methyl sites for hydroxylation is 2. The molecule has 1 fully saturated rings. The molecule has 0 radical (unpaired) electrons. The van der Waals surface area contributed by atoms with Crippen LogP contribution >= 0.6 is 11.3 Å². The van der Waals surface area contributed by atoms with Gasteiger partial charge in [0.15, 0.2) is 0 Å². The Bertz CT molecular complexity index is 1210. The number of benzene rings is 2. The van der Waals surface area contributed by atoms with E-state index in [9.17, 15) is 13.2 Å². The summed E-state index contributed by atoms with van der Waals surface area (Å²) in [5, 5.41) is 0.593. The quantitative estimate of drug-likeness (QED) is 0.562. The molecule has 31 heavy (non-hydrogen) atoms. The summed E-state index contributed by atoms with van der Waals surface area (Å²) in [6, 6.07) is 10.2. The van der Waals surface area contributed by atoms with Crippen molar-refractivity contribution in [3.05, 3.63) is 53.1 Å². The van der Waals surface area contributed by atoms with Gasteiger partial charge >= 0.3 is 0 Å². The van der Waals surface area contributed by atoms with Gasteiger partial charge < -0.3 is 0 Å². The number of fused-ring (bicyclic) bond motifs is 1. The highest BCUT2D eigenvalue weighted by atomic mass is 32.2. The van der Waals surface area contributed by atoms with Gasteiger partial charge in [0, 0.05) is 18.7 Å². The van der Waals surface area contributed by atoms with Crippen LogP contribution in [0.15, 0.2) is 41.3 Å². The molecule has 1 aromatic heterocycles. The van der Waals surface area contributed by atoms with Crippen molar-refractivity contribution < 1.29 is 13.2 Å². The third-order valence-corrected chi connectivity index (χ3v) is 8.44. The molecule has 3 aromatic rings. The van der Waals surface area contributed by atoms with Crippen LogP contribution < -0.4 is 10.9 Å². The Morgan fingerprint density at radius 2 is 1.81 bits per heavy atom. The minimum Gasteiger partial charge on any atom is -0.273 e. The van der Waals surface area contributed by atoms with Gasteiger partial charge in [-0.25, -0.2) is 13.4 Å². The minimum atomic E-state index is -3.53. The molecule has 7 nitrogen and oxygen atoms in total. The van der Waals surface area contributed by atoms with Crippen molar-refractivity contribution in [1.82, 2.24) is 14.7 Å². The molecule has 9 heteroatoms. The van der Waals surface area contributed by atoms with Crippen LogP contribution in [0, 0.1) is 19.8 Å². The van der Waals surface area contributed by atoms with Crippen LogP contribution in [-0.2, 0) is 10.0 Å². The van der Waals surface area contributed by atoms with Crippen LogP contribution in [0.3, 0.4) is 0 Å². The largest absolute Gasteiger partial charge is 0.273 e. The van der Waals surface area contributed by atoms with Gasteiger partial charge in [0.2, 0.25) is 15.2 Å². The number of hydrogen-bond acceptors (Lipinski definition) is 6. The van der Waals surface area contributed by atoms with Crippen LogP contribution in [0.4, 0.5) is 5.13 Å². The molecule has 1 amide bonds. The first kappa shape index (κ1) is 21.7. The van der Waals surface area contributed by atoms with Crippen molar-refractivity contribution in [1.29, 1.82) is 0 Å². The summed E-state index contributed by atoms with van der Waals surface area (Å²) >= 11 is 1.46. The number of hydrogen-bond donors (Lipinski definition) is 2. The van der Waals surface area contributed by atoms with E-state index in [1.54, 1.807) is 0 Å². The van der Waals surface area contributed by atoms with Crippen LogP contribution in [0.5, 0.6) is 0 Å². The molecule has 0 saturated carbocycles. The van der Waals surface area contributed by atoms with Gasteiger partial charge in [0.1, 0.15) is 0 Å². The van der Waals surface area contributed by atoms with Crippen molar-refractivity contribution in [3.63, 3.8) is 0 Å². The smallest absolute Gasteiger partial charge is 0.269 e. The third-order valence-electron chi connectivity index (χ3n) is 5.61. The first-order chi connectivity index (χ1) is 14.7. The third kappa shape index (κ3) is 4.58. The molecule has 1 saturated heterocycles. The number of hydrazine groups is 1. The number of sulfonamides is 1. The van der Waals surface area contributed by atoms with Gasteiger partial charge in [-0.1, -0.05) is 24.3 Å². The predicted molar refractivity (Wildman–Crippen MR) is 124 cm³/mol. The zero-order valence-electron chi connectivity index (χ0n) is 17.8. The monoisotopic (exact) mass is 458 g/mol. The van der Waals surface area contributed by atoms with Crippen molar-refractivity contribution in [3.8, 4) is 0 Å². The maximum absolute atomic E-state index is 12.8. The molecule has 4 rings (SSSR count). The van der Waals surface area contributed by atoms with Gasteiger partial charge in [-0.2, -0.15) is 4.31 Å². The number of carbonyl (C=O) groups is 1. The Morgan fingerprint density at radius 3 is 2.48 bits per heavy atom. The van der Waals surface area contributed by atoms with Crippen LogP contribution in [0.25, 0.3) is 10.2 Å². The van der Waals surface area contributed by atoms with Crippen molar-refractivity contribution in [2.24, 2.45) is 5.92 Å². The van der Waals surface area contributed by atoms with Gasteiger partial charge in [0.05, 0.1) is 15.1 Å². The molecule has 0 spiro atoms. The molecular formula is C22H26N4O3S2.